The number of fused-ring (bicyclic) bond motifs is 2. The fourth-order valence-corrected chi connectivity index (χ4v) is 4.01. The number of benzene rings is 2. The first-order valence-electron chi connectivity index (χ1n) is 9.11. The van der Waals surface area contributed by atoms with Crippen LogP contribution in [-0.4, -0.2) is 23.6 Å². The first kappa shape index (κ1) is 15.9. The second kappa shape index (κ2) is 6.75. The van der Waals surface area contributed by atoms with E-state index in [0.717, 1.165) is 30.5 Å². The Morgan fingerprint density at radius 1 is 1.12 bits per heavy atom. The van der Waals surface area contributed by atoms with Crippen LogP contribution in [0.25, 0.3) is 5.70 Å². The third-order valence-electron chi connectivity index (χ3n) is 5.18. The van der Waals surface area contributed by atoms with E-state index < -0.39 is 0 Å². The lowest BCUT2D eigenvalue weighted by atomic mass is 9.78. The summed E-state index contributed by atoms with van der Waals surface area (Å²) in [6.07, 6.45) is 5.24. The van der Waals surface area contributed by atoms with Crippen LogP contribution in [0.15, 0.2) is 60.7 Å². The zero-order chi connectivity index (χ0) is 17.2. The standard InChI is InChI=1S/C22H23NO2/c1-2-3-5-14-19-17-12-8-9-13-18(17)21(16-10-6-4-7-11-16)20-15-25-22(24)23(19)20/h4,6-14,20-21H,2-3,5,15H2,1H3/b19-14-/t20-,21?/m0/s1. The van der Waals surface area contributed by atoms with E-state index in [9.17, 15) is 4.79 Å². The van der Waals surface area contributed by atoms with Crippen molar-refractivity contribution in [1.29, 1.82) is 0 Å². The quantitative estimate of drug-likeness (QED) is 0.721. The van der Waals surface area contributed by atoms with Crippen molar-refractivity contribution in [3.63, 3.8) is 0 Å². The van der Waals surface area contributed by atoms with Crippen molar-refractivity contribution in [1.82, 2.24) is 4.90 Å². The lowest BCUT2D eigenvalue weighted by Crippen LogP contribution is -2.41. The molecule has 2 heterocycles. The molecule has 1 amide bonds. The average Bonchev–Trinajstić information content (AvgIpc) is 3.03. The fraction of sp³-hybridized carbons (Fsp3) is 0.318. The van der Waals surface area contributed by atoms with Crippen molar-refractivity contribution >= 4 is 11.8 Å². The summed E-state index contributed by atoms with van der Waals surface area (Å²) in [5, 5.41) is 0. The van der Waals surface area contributed by atoms with E-state index in [1.165, 1.54) is 11.1 Å². The van der Waals surface area contributed by atoms with Gasteiger partial charge in [0.25, 0.3) is 0 Å². The number of cyclic esters (lactones) is 1. The lowest BCUT2D eigenvalue weighted by Gasteiger charge is -2.38. The minimum Gasteiger partial charge on any atom is -0.447 e. The van der Waals surface area contributed by atoms with Crippen LogP contribution in [0.3, 0.4) is 0 Å². The van der Waals surface area contributed by atoms with E-state index >= 15 is 0 Å². The normalized spacial score (nSPS) is 23.3. The Morgan fingerprint density at radius 3 is 2.68 bits per heavy atom. The van der Waals surface area contributed by atoms with Crippen LogP contribution in [0.1, 0.15) is 48.8 Å². The van der Waals surface area contributed by atoms with Gasteiger partial charge < -0.3 is 4.74 Å². The maximum atomic E-state index is 12.5. The second-order valence-electron chi connectivity index (χ2n) is 6.72. The van der Waals surface area contributed by atoms with Crippen LogP contribution in [0, 0.1) is 0 Å². The zero-order valence-corrected chi connectivity index (χ0v) is 14.5. The number of allylic oxidation sites excluding steroid dienone is 1. The SMILES string of the molecule is CCCC/C=C1/c2ccccc2C(c2ccccc2)[C@@H]2COC(=O)N12. The molecule has 0 saturated carbocycles. The Labute approximate surface area is 148 Å². The summed E-state index contributed by atoms with van der Waals surface area (Å²) in [4.78, 5) is 14.4. The van der Waals surface area contributed by atoms with Crippen LogP contribution >= 0.6 is 0 Å². The van der Waals surface area contributed by atoms with Crippen LogP contribution in [0.5, 0.6) is 0 Å². The number of nitrogens with zero attached hydrogens (tertiary/aromatic N) is 1. The molecule has 0 aromatic heterocycles. The van der Waals surface area contributed by atoms with E-state index in [2.05, 4.69) is 61.5 Å². The molecular weight excluding hydrogens is 310 g/mol. The summed E-state index contributed by atoms with van der Waals surface area (Å²) >= 11 is 0. The molecule has 1 saturated heterocycles. The molecule has 2 aromatic rings. The highest BCUT2D eigenvalue weighted by molar-refractivity contribution is 5.87. The molecule has 0 N–H and O–H groups in total. The predicted molar refractivity (Wildman–Crippen MR) is 99.2 cm³/mol. The van der Waals surface area contributed by atoms with Crippen LogP contribution in [0.2, 0.25) is 0 Å². The Bertz CT molecular complexity index is 797. The van der Waals surface area contributed by atoms with Gasteiger partial charge in [-0.3, -0.25) is 4.90 Å². The van der Waals surface area contributed by atoms with Gasteiger partial charge in [0.1, 0.15) is 6.61 Å². The van der Waals surface area contributed by atoms with Gasteiger partial charge in [-0.1, -0.05) is 74.0 Å². The van der Waals surface area contributed by atoms with Crippen molar-refractivity contribution < 1.29 is 9.53 Å². The predicted octanol–water partition coefficient (Wildman–Crippen LogP) is 5.18. The average molecular weight is 333 g/mol. The maximum absolute atomic E-state index is 12.5. The molecule has 0 bridgehead atoms. The van der Waals surface area contributed by atoms with Gasteiger partial charge in [0.2, 0.25) is 0 Å². The molecule has 2 aliphatic heterocycles. The Kier molecular flexibility index (Phi) is 4.31. The number of unbranched alkanes of at least 4 members (excludes halogenated alkanes) is 2. The third-order valence-corrected chi connectivity index (χ3v) is 5.18. The highest BCUT2D eigenvalue weighted by Gasteiger charge is 2.46. The summed E-state index contributed by atoms with van der Waals surface area (Å²) in [6.45, 7) is 2.63. The van der Waals surface area contributed by atoms with E-state index in [-0.39, 0.29) is 18.1 Å². The first-order valence-corrected chi connectivity index (χ1v) is 9.11. The van der Waals surface area contributed by atoms with Crippen LogP contribution < -0.4 is 0 Å². The van der Waals surface area contributed by atoms with E-state index in [1.807, 2.05) is 11.0 Å². The van der Waals surface area contributed by atoms with Crippen molar-refractivity contribution in [2.24, 2.45) is 0 Å². The lowest BCUT2D eigenvalue weighted by molar-refractivity contribution is 0.167. The van der Waals surface area contributed by atoms with E-state index in [1.54, 1.807) is 0 Å². The molecule has 25 heavy (non-hydrogen) atoms. The van der Waals surface area contributed by atoms with Crippen molar-refractivity contribution in [3.05, 3.63) is 77.4 Å². The minimum absolute atomic E-state index is 0.0256. The smallest absolute Gasteiger partial charge is 0.414 e. The Balaban J connectivity index is 1.86. The number of carbonyl (C=O) groups excluding carboxylic acids is 1. The van der Waals surface area contributed by atoms with Crippen LogP contribution in [0.4, 0.5) is 4.79 Å². The van der Waals surface area contributed by atoms with Gasteiger partial charge in [0.05, 0.1) is 11.7 Å². The Morgan fingerprint density at radius 2 is 1.88 bits per heavy atom. The van der Waals surface area contributed by atoms with Gasteiger partial charge >= 0.3 is 6.09 Å². The van der Waals surface area contributed by atoms with E-state index in [0.29, 0.717) is 6.61 Å². The fourth-order valence-electron chi connectivity index (χ4n) is 4.01. The molecule has 4 rings (SSSR count). The van der Waals surface area contributed by atoms with Gasteiger partial charge in [-0.15, -0.1) is 0 Å². The molecule has 2 aromatic carbocycles. The molecule has 2 atom stereocenters. The third kappa shape index (κ3) is 2.74. The second-order valence-corrected chi connectivity index (χ2v) is 6.72. The molecule has 0 aliphatic carbocycles. The van der Waals surface area contributed by atoms with Gasteiger partial charge in [-0.2, -0.15) is 0 Å². The minimum atomic E-state index is -0.219. The van der Waals surface area contributed by atoms with Gasteiger partial charge in [0.15, 0.2) is 0 Å². The summed E-state index contributed by atoms with van der Waals surface area (Å²) in [5.41, 5.74) is 4.69. The van der Waals surface area contributed by atoms with Crippen molar-refractivity contribution in [2.75, 3.05) is 6.61 Å². The molecule has 3 nitrogen and oxygen atoms in total. The molecule has 2 aliphatic rings. The van der Waals surface area contributed by atoms with Gasteiger partial charge in [-0.25, -0.2) is 4.79 Å². The molecule has 0 radical (unpaired) electrons. The molecular formula is C22H23NO2. The number of carbonyl (C=O) groups is 1. The summed E-state index contributed by atoms with van der Waals surface area (Å²) in [6, 6.07) is 18.9. The Hall–Kier alpha value is -2.55. The summed E-state index contributed by atoms with van der Waals surface area (Å²) < 4.78 is 5.47. The number of ether oxygens (including phenoxy) is 1. The van der Waals surface area contributed by atoms with Gasteiger partial charge in [0, 0.05) is 11.5 Å². The molecule has 1 fully saturated rings. The first-order chi connectivity index (χ1) is 12.3. The molecule has 128 valence electrons. The van der Waals surface area contributed by atoms with Gasteiger partial charge in [-0.05, 0) is 24.0 Å². The van der Waals surface area contributed by atoms with Crippen molar-refractivity contribution in [2.45, 2.75) is 38.1 Å². The topological polar surface area (TPSA) is 29.5 Å². The largest absolute Gasteiger partial charge is 0.447 e. The number of hydrogen-bond donors (Lipinski definition) is 0. The molecule has 0 spiro atoms. The summed E-state index contributed by atoms with van der Waals surface area (Å²) in [5.74, 6) is 0.146. The highest BCUT2D eigenvalue weighted by Crippen LogP contribution is 2.45. The number of rotatable bonds is 4. The highest BCUT2D eigenvalue weighted by atomic mass is 16.6. The summed E-state index contributed by atoms with van der Waals surface area (Å²) in [7, 11) is 0. The zero-order valence-electron chi connectivity index (χ0n) is 14.5. The molecule has 1 unspecified atom stereocenters. The number of amides is 1. The monoisotopic (exact) mass is 333 g/mol. The molecule has 3 heteroatoms. The van der Waals surface area contributed by atoms with Crippen molar-refractivity contribution in [3.8, 4) is 0 Å². The maximum Gasteiger partial charge on any atom is 0.414 e. The number of hydrogen-bond acceptors (Lipinski definition) is 2. The van der Waals surface area contributed by atoms with E-state index in [4.69, 9.17) is 4.74 Å². The van der Waals surface area contributed by atoms with Crippen LogP contribution in [-0.2, 0) is 4.74 Å².